The summed E-state index contributed by atoms with van der Waals surface area (Å²) in [7, 11) is 0. The maximum Gasteiger partial charge on any atom is 0.149 e. The molecule has 0 spiro atoms. The zero-order valence-corrected chi connectivity index (χ0v) is 27.9. The predicted molar refractivity (Wildman–Crippen MR) is 166 cm³/mol. The zero-order chi connectivity index (χ0) is 27.9. The van der Waals surface area contributed by atoms with Crippen LogP contribution in [0.2, 0.25) is 0 Å². The first-order valence-corrected chi connectivity index (χ1v) is 15.4. The molecule has 36 heavy (non-hydrogen) atoms. The van der Waals surface area contributed by atoms with Gasteiger partial charge in [0.25, 0.3) is 0 Å². The number of halogens is 2. The Morgan fingerprint density at radius 1 is 0.528 bits per heavy atom. The summed E-state index contributed by atoms with van der Waals surface area (Å²) < 4.78 is 0. The normalized spacial score (nSPS) is 15.1. The van der Waals surface area contributed by atoms with Gasteiger partial charge in [-0.1, -0.05) is 151 Å². The molecule has 0 radical (unpaired) electrons. The Morgan fingerprint density at radius 3 is 0.917 bits per heavy atom. The van der Waals surface area contributed by atoms with E-state index in [9.17, 15) is 4.79 Å². The molecule has 2 rings (SSSR count). The van der Waals surface area contributed by atoms with Crippen molar-refractivity contribution in [2.45, 2.75) is 117 Å². The van der Waals surface area contributed by atoms with Crippen LogP contribution in [0.4, 0.5) is 0 Å². The maximum atomic E-state index is 14.3. The molecule has 0 aliphatic carbocycles. The lowest BCUT2D eigenvalue weighted by Gasteiger charge is -2.30. The summed E-state index contributed by atoms with van der Waals surface area (Å²) >= 11 is 7.46. The van der Waals surface area contributed by atoms with Crippen LogP contribution in [0, 0.1) is 0 Å². The van der Waals surface area contributed by atoms with Gasteiger partial charge in [0.2, 0.25) is 0 Å². The van der Waals surface area contributed by atoms with Gasteiger partial charge in [0, 0.05) is 10.7 Å². The standard InChI is InChI=1S/C33H48Br2O/c1-30(2,3)23-13-21(14-24(17-23)31(4,5)6)27(19-34)29(36)28(20-35)22-15-25(32(7,8)9)18-26(16-22)33(10,11)12/h13-18,27-28H,19-20H2,1-12H3. The van der Waals surface area contributed by atoms with E-state index in [4.69, 9.17) is 0 Å². The molecule has 0 heterocycles. The third-order valence-electron chi connectivity index (χ3n) is 7.18. The highest BCUT2D eigenvalue weighted by atomic mass is 79.9. The molecule has 2 unspecified atom stereocenters. The van der Waals surface area contributed by atoms with Gasteiger partial charge in [-0.3, -0.25) is 4.79 Å². The molecule has 3 heteroatoms. The highest BCUT2D eigenvalue weighted by molar-refractivity contribution is 9.09. The lowest BCUT2D eigenvalue weighted by molar-refractivity contribution is -0.121. The first-order valence-electron chi connectivity index (χ1n) is 13.2. The fraction of sp³-hybridized carbons (Fsp3) is 0.606. The van der Waals surface area contributed by atoms with Crippen LogP contribution >= 0.6 is 31.9 Å². The van der Waals surface area contributed by atoms with Gasteiger partial charge < -0.3 is 0 Å². The largest absolute Gasteiger partial charge is 0.298 e. The van der Waals surface area contributed by atoms with Gasteiger partial charge in [-0.15, -0.1) is 0 Å². The Hall–Kier alpha value is -0.930. The minimum atomic E-state index is -0.215. The lowest BCUT2D eigenvalue weighted by Crippen LogP contribution is -2.26. The molecule has 0 aromatic heterocycles. The summed E-state index contributed by atoms with van der Waals surface area (Å²) in [5.74, 6) is -0.166. The molecule has 0 fully saturated rings. The highest BCUT2D eigenvalue weighted by Gasteiger charge is 2.32. The summed E-state index contributed by atoms with van der Waals surface area (Å²) in [6, 6.07) is 13.7. The molecular weight excluding hydrogens is 572 g/mol. The zero-order valence-electron chi connectivity index (χ0n) is 24.7. The van der Waals surface area contributed by atoms with E-state index in [-0.39, 0.29) is 39.3 Å². The van der Waals surface area contributed by atoms with Crippen LogP contribution in [0.1, 0.15) is 128 Å². The van der Waals surface area contributed by atoms with E-state index >= 15 is 0 Å². The number of hydrogen-bond acceptors (Lipinski definition) is 1. The van der Waals surface area contributed by atoms with Crippen molar-refractivity contribution in [3.05, 3.63) is 69.8 Å². The molecule has 0 N–H and O–H groups in total. The summed E-state index contributed by atoms with van der Waals surface area (Å²) in [6.45, 7) is 27.0. The highest BCUT2D eigenvalue weighted by Crippen LogP contribution is 2.38. The van der Waals surface area contributed by atoms with Gasteiger partial charge in [-0.05, 0) is 55.0 Å². The molecule has 0 saturated carbocycles. The molecule has 0 aliphatic heterocycles. The van der Waals surface area contributed by atoms with Crippen molar-refractivity contribution < 1.29 is 4.79 Å². The van der Waals surface area contributed by atoms with E-state index in [2.05, 4.69) is 151 Å². The van der Waals surface area contributed by atoms with Crippen molar-refractivity contribution in [2.75, 3.05) is 10.7 Å². The first-order chi connectivity index (χ1) is 16.2. The SMILES string of the molecule is CC(C)(C)c1cc(C(CBr)C(=O)C(CBr)c2cc(C(C)(C)C)cc(C(C)(C)C)c2)cc(C(C)(C)C)c1. The number of rotatable bonds is 6. The Bertz CT molecular complexity index is 919. The minimum absolute atomic E-state index is 0.00734. The molecule has 1 nitrogen and oxygen atoms in total. The maximum absolute atomic E-state index is 14.3. The van der Waals surface area contributed by atoms with Crippen molar-refractivity contribution in [3.8, 4) is 0 Å². The van der Waals surface area contributed by atoms with Crippen molar-refractivity contribution in [2.24, 2.45) is 0 Å². The van der Waals surface area contributed by atoms with Gasteiger partial charge >= 0.3 is 0 Å². The summed E-state index contributed by atoms with van der Waals surface area (Å²) in [5, 5.41) is 1.22. The molecule has 2 atom stereocenters. The fourth-order valence-corrected chi connectivity index (χ4v) is 5.73. The van der Waals surface area contributed by atoms with Crippen LogP contribution in [0.25, 0.3) is 0 Å². The molecule has 0 aliphatic rings. The van der Waals surface area contributed by atoms with Crippen molar-refractivity contribution in [1.29, 1.82) is 0 Å². The van der Waals surface area contributed by atoms with Crippen molar-refractivity contribution in [3.63, 3.8) is 0 Å². The first kappa shape index (κ1) is 31.3. The second kappa shape index (κ2) is 11.0. The quantitative estimate of drug-likeness (QED) is 0.294. The van der Waals surface area contributed by atoms with Crippen LogP contribution in [-0.2, 0) is 26.5 Å². The summed E-state index contributed by atoms with van der Waals surface area (Å²) in [4.78, 5) is 14.3. The van der Waals surface area contributed by atoms with Crippen LogP contribution in [0.3, 0.4) is 0 Å². The number of carbonyl (C=O) groups excluding carboxylic acids is 1. The third-order valence-corrected chi connectivity index (χ3v) is 8.47. The second-order valence-corrected chi connectivity index (χ2v) is 15.8. The van der Waals surface area contributed by atoms with E-state index in [1.165, 1.54) is 22.3 Å². The average molecular weight is 621 g/mol. The Balaban J connectivity index is 2.69. The molecule has 0 amide bonds. The number of hydrogen-bond donors (Lipinski definition) is 0. The van der Waals surface area contributed by atoms with E-state index in [0.29, 0.717) is 10.7 Å². The van der Waals surface area contributed by atoms with Crippen LogP contribution in [0.15, 0.2) is 36.4 Å². The Labute approximate surface area is 238 Å². The number of benzene rings is 2. The van der Waals surface area contributed by atoms with E-state index in [1.807, 2.05) is 0 Å². The molecule has 0 bridgehead atoms. The second-order valence-electron chi connectivity index (χ2n) is 14.5. The minimum Gasteiger partial charge on any atom is -0.298 e. The van der Waals surface area contributed by atoms with Crippen LogP contribution in [0.5, 0.6) is 0 Å². The van der Waals surface area contributed by atoms with Crippen LogP contribution < -0.4 is 0 Å². The monoisotopic (exact) mass is 618 g/mol. The van der Waals surface area contributed by atoms with Gasteiger partial charge in [0.05, 0.1) is 11.8 Å². The number of alkyl halides is 2. The topological polar surface area (TPSA) is 17.1 Å². The number of Topliss-reactive ketones (excluding diaryl/α,β-unsaturated/α-hetero) is 1. The van der Waals surface area contributed by atoms with E-state index in [1.54, 1.807) is 0 Å². The summed E-state index contributed by atoms with van der Waals surface area (Å²) in [5.41, 5.74) is 7.38. The van der Waals surface area contributed by atoms with Gasteiger partial charge in [0.1, 0.15) is 5.78 Å². The Kier molecular flexibility index (Phi) is 9.60. The van der Waals surface area contributed by atoms with Gasteiger partial charge in [-0.2, -0.15) is 0 Å². The Morgan fingerprint density at radius 2 is 0.750 bits per heavy atom. The molecule has 200 valence electrons. The smallest absolute Gasteiger partial charge is 0.149 e. The molecule has 2 aromatic rings. The van der Waals surface area contributed by atoms with Crippen molar-refractivity contribution >= 4 is 37.6 Å². The van der Waals surface area contributed by atoms with Crippen LogP contribution in [-0.4, -0.2) is 16.4 Å². The van der Waals surface area contributed by atoms with Gasteiger partial charge in [-0.25, -0.2) is 0 Å². The van der Waals surface area contributed by atoms with Gasteiger partial charge in [0.15, 0.2) is 0 Å². The van der Waals surface area contributed by atoms with E-state index < -0.39 is 0 Å². The van der Waals surface area contributed by atoms with Crippen molar-refractivity contribution in [1.82, 2.24) is 0 Å². The molecule has 2 aromatic carbocycles. The summed E-state index contributed by atoms with van der Waals surface area (Å²) in [6.07, 6.45) is 0. The molecular formula is C33H48Br2O. The lowest BCUT2D eigenvalue weighted by atomic mass is 9.75. The third kappa shape index (κ3) is 7.56. The average Bonchev–Trinajstić information content (AvgIpc) is 2.72. The fourth-order valence-electron chi connectivity index (χ4n) is 4.34. The molecule has 0 saturated heterocycles. The van der Waals surface area contributed by atoms with E-state index in [0.717, 1.165) is 11.1 Å². The predicted octanol–water partition coefficient (Wildman–Crippen LogP) is 10.1. The number of carbonyl (C=O) groups is 1. The number of ketones is 1.